The van der Waals surface area contributed by atoms with Gasteiger partial charge < -0.3 is 28.4 Å². The van der Waals surface area contributed by atoms with Crippen LogP contribution in [0.25, 0.3) is 11.1 Å². The van der Waals surface area contributed by atoms with Crippen molar-refractivity contribution in [2.24, 2.45) is 0 Å². The van der Waals surface area contributed by atoms with Crippen LogP contribution in [0.4, 0.5) is 0 Å². The fourth-order valence-corrected chi connectivity index (χ4v) is 7.35. The highest BCUT2D eigenvalue weighted by molar-refractivity contribution is 5.94. The molecule has 0 fully saturated rings. The van der Waals surface area contributed by atoms with Gasteiger partial charge in [-0.2, -0.15) is 0 Å². The summed E-state index contributed by atoms with van der Waals surface area (Å²) in [5.41, 5.74) is 7.59. The number of rotatable bonds is 15. The smallest absolute Gasteiger partial charge is 0.343 e. The fourth-order valence-electron chi connectivity index (χ4n) is 7.35. The molecule has 0 spiro atoms. The largest absolute Gasteiger partial charge is 0.496 e. The highest BCUT2D eigenvalue weighted by Crippen LogP contribution is 2.32. The van der Waals surface area contributed by atoms with Gasteiger partial charge in [0.05, 0.1) is 23.8 Å². The van der Waals surface area contributed by atoms with E-state index in [9.17, 15) is 19.2 Å². The van der Waals surface area contributed by atoms with Crippen molar-refractivity contribution in [2.45, 2.75) is 33.6 Å². The summed E-state index contributed by atoms with van der Waals surface area (Å²) < 4.78 is 34.2. The molecule has 8 aromatic rings. The molecule has 0 heterocycles. The van der Waals surface area contributed by atoms with Crippen molar-refractivity contribution in [3.63, 3.8) is 0 Å². The average Bonchev–Trinajstić information content (AvgIpc) is 3.35. The lowest BCUT2D eigenvalue weighted by Gasteiger charge is -2.16. The lowest BCUT2D eigenvalue weighted by molar-refractivity contribution is 0.0724. The molecule has 338 valence electrons. The quantitative estimate of drug-likeness (QED) is 0.0558. The molecular weight excluding hydrogens is 857 g/mol. The maximum Gasteiger partial charge on any atom is 0.343 e. The van der Waals surface area contributed by atoms with Gasteiger partial charge in [-0.1, -0.05) is 55.5 Å². The summed E-state index contributed by atoms with van der Waals surface area (Å²) in [6.07, 6.45) is 0. The molecule has 0 saturated heterocycles. The van der Waals surface area contributed by atoms with Crippen LogP contribution in [0.2, 0.25) is 0 Å². The highest BCUT2D eigenvalue weighted by Gasteiger charge is 2.16. The van der Waals surface area contributed by atoms with E-state index in [0.717, 1.165) is 33.6 Å². The van der Waals surface area contributed by atoms with E-state index in [4.69, 9.17) is 28.4 Å². The Bertz CT molecular complexity index is 3080. The van der Waals surface area contributed by atoms with Gasteiger partial charge in [0, 0.05) is 11.5 Å². The van der Waals surface area contributed by atoms with E-state index < -0.39 is 17.9 Å². The Morgan fingerprint density at radius 3 is 1.04 bits per heavy atom. The Hall–Kier alpha value is -8.76. The van der Waals surface area contributed by atoms with Crippen molar-refractivity contribution in [1.82, 2.24) is 0 Å². The summed E-state index contributed by atoms with van der Waals surface area (Å²) in [6.45, 7) is 7.60. The van der Waals surface area contributed by atoms with Crippen molar-refractivity contribution >= 4 is 23.7 Å². The van der Waals surface area contributed by atoms with E-state index in [1.165, 1.54) is 12.5 Å². The first kappa shape index (κ1) is 45.8. The van der Waals surface area contributed by atoms with Crippen LogP contribution in [0.1, 0.15) is 83.5 Å². The van der Waals surface area contributed by atoms with E-state index in [-0.39, 0.29) is 11.7 Å². The van der Waals surface area contributed by atoms with Crippen molar-refractivity contribution in [2.75, 3.05) is 7.11 Å². The van der Waals surface area contributed by atoms with Crippen LogP contribution in [0.5, 0.6) is 46.0 Å². The second kappa shape index (κ2) is 20.6. The van der Waals surface area contributed by atoms with Crippen LogP contribution >= 0.6 is 0 Å². The number of carbonyl (C=O) groups excluding carboxylic acids is 4. The van der Waals surface area contributed by atoms with Crippen molar-refractivity contribution in [1.29, 1.82) is 0 Å². The number of hydrogen-bond donors (Lipinski definition) is 0. The SMILES string of the molecule is COc1ccc(C(C)c2ccc(OC(=O)c3ccc(Oc4ccc(C(=O)Oc5ccc(-c6ccc(OC(=O)c7ccc(Oc8ccc(C(C)=O)cc8)cc7)cc6)cc5)cc4)cc3)c(C)c2)cc1C. The van der Waals surface area contributed by atoms with Gasteiger partial charge in [0.1, 0.15) is 46.0 Å². The summed E-state index contributed by atoms with van der Waals surface area (Å²) in [6, 6.07) is 52.8. The molecule has 68 heavy (non-hydrogen) atoms. The lowest BCUT2D eigenvalue weighted by Crippen LogP contribution is -2.09. The maximum absolute atomic E-state index is 13.1. The van der Waals surface area contributed by atoms with Crippen molar-refractivity contribution in [3.05, 3.63) is 226 Å². The molecule has 0 saturated carbocycles. The van der Waals surface area contributed by atoms with Crippen LogP contribution in [0.15, 0.2) is 182 Å². The summed E-state index contributed by atoms with van der Waals surface area (Å²) in [4.78, 5) is 50.4. The minimum atomic E-state index is -0.535. The maximum atomic E-state index is 13.1. The zero-order valence-corrected chi connectivity index (χ0v) is 38.0. The van der Waals surface area contributed by atoms with Gasteiger partial charge in [0.2, 0.25) is 0 Å². The molecular formula is C58H46O10. The van der Waals surface area contributed by atoms with Gasteiger partial charge in [-0.25, -0.2) is 14.4 Å². The minimum absolute atomic E-state index is 0.0254. The predicted molar refractivity (Wildman–Crippen MR) is 259 cm³/mol. The molecule has 0 aliphatic carbocycles. The second-order valence-corrected chi connectivity index (χ2v) is 16.1. The molecule has 10 heteroatoms. The van der Waals surface area contributed by atoms with E-state index in [0.29, 0.717) is 62.5 Å². The molecule has 8 aromatic carbocycles. The predicted octanol–water partition coefficient (Wildman–Crippen LogP) is 13.6. The van der Waals surface area contributed by atoms with Crippen molar-refractivity contribution in [3.8, 4) is 57.1 Å². The third kappa shape index (κ3) is 11.2. The van der Waals surface area contributed by atoms with Gasteiger partial charge in [0.15, 0.2) is 5.78 Å². The fraction of sp³-hybridized carbons (Fsp3) is 0.103. The number of hydrogen-bond acceptors (Lipinski definition) is 10. The van der Waals surface area contributed by atoms with E-state index >= 15 is 0 Å². The number of ketones is 1. The van der Waals surface area contributed by atoms with Gasteiger partial charge in [0.25, 0.3) is 0 Å². The highest BCUT2D eigenvalue weighted by atomic mass is 16.5. The topological polar surface area (TPSA) is 124 Å². The summed E-state index contributed by atoms with van der Waals surface area (Å²) in [5.74, 6) is 2.76. The zero-order valence-electron chi connectivity index (χ0n) is 38.0. The van der Waals surface area contributed by atoms with Gasteiger partial charge in [-0.15, -0.1) is 0 Å². The Morgan fingerprint density at radius 1 is 0.382 bits per heavy atom. The van der Waals surface area contributed by atoms with E-state index in [2.05, 4.69) is 19.1 Å². The Balaban J connectivity index is 0.790. The molecule has 0 aromatic heterocycles. The monoisotopic (exact) mass is 902 g/mol. The number of methoxy groups -OCH3 is 1. The number of carbonyl (C=O) groups is 4. The molecule has 0 aliphatic rings. The molecule has 1 unspecified atom stereocenters. The first-order chi connectivity index (χ1) is 32.9. The van der Waals surface area contributed by atoms with Crippen molar-refractivity contribution < 1.29 is 47.6 Å². The first-order valence-corrected chi connectivity index (χ1v) is 21.8. The number of aryl methyl sites for hydroxylation is 2. The van der Waals surface area contributed by atoms with Crippen LogP contribution < -0.4 is 28.4 Å². The van der Waals surface area contributed by atoms with Gasteiger partial charge >= 0.3 is 17.9 Å². The molecule has 0 bridgehead atoms. The second-order valence-electron chi connectivity index (χ2n) is 16.1. The standard InChI is InChI=1S/C58H46O10/c1-36-34-46(18-32-54(36)63-5)38(3)47-19-33-55(37(2)35-47)68-58(62)45-16-30-51(31-17-45)65-50-28-14-44(15-29-50)57(61)67-53-24-10-42(11-25-53)41-8-22-52(23-9-41)66-56(60)43-12-26-49(27-13-43)64-48-20-6-40(7-21-48)39(4)59/h6-35,38H,1-5H3. The van der Waals surface area contributed by atoms with E-state index in [1.54, 1.807) is 128 Å². The number of esters is 3. The molecule has 0 aliphatic heterocycles. The summed E-state index contributed by atoms with van der Waals surface area (Å²) >= 11 is 0. The van der Waals surface area contributed by atoms with Gasteiger partial charge in [-0.3, -0.25) is 4.79 Å². The minimum Gasteiger partial charge on any atom is -0.496 e. The third-order valence-corrected chi connectivity index (χ3v) is 11.3. The number of benzene rings is 8. The molecule has 1 atom stereocenters. The molecule has 0 amide bonds. The molecule has 0 N–H and O–H groups in total. The normalized spacial score (nSPS) is 11.2. The number of ether oxygens (including phenoxy) is 6. The molecule has 8 rings (SSSR count). The van der Waals surface area contributed by atoms with Crippen LogP contribution in [-0.4, -0.2) is 30.8 Å². The van der Waals surface area contributed by atoms with Crippen LogP contribution in [0, 0.1) is 13.8 Å². The lowest BCUT2D eigenvalue weighted by atomic mass is 9.91. The van der Waals surface area contributed by atoms with E-state index in [1.807, 2.05) is 62.4 Å². The summed E-state index contributed by atoms with van der Waals surface area (Å²) in [7, 11) is 1.67. The Morgan fingerprint density at radius 2 is 0.706 bits per heavy atom. The van der Waals surface area contributed by atoms with Crippen LogP contribution in [0.3, 0.4) is 0 Å². The van der Waals surface area contributed by atoms with Crippen LogP contribution in [-0.2, 0) is 0 Å². The average molecular weight is 903 g/mol. The Labute approximate surface area is 394 Å². The third-order valence-electron chi connectivity index (χ3n) is 11.3. The molecule has 10 nitrogen and oxygen atoms in total. The summed E-state index contributed by atoms with van der Waals surface area (Å²) in [5, 5.41) is 0. The molecule has 0 radical (unpaired) electrons. The van der Waals surface area contributed by atoms with Gasteiger partial charge in [-0.05, 0) is 188 Å². The Kier molecular flexibility index (Phi) is 13.9. The number of Topliss-reactive ketones (excluding diaryl/α,β-unsaturated/α-hetero) is 1. The first-order valence-electron chi connectivity index (χ1n) is 21.8. The zero-order chi connectivity index (χ0) is 47.7.